The molecular formula is C20H20N2O3S. The summed E-state index contributed by atoms with van der Waals surface area (Å²) in [5.41, 5.74) is 3.73. The third-order valence-electron chi connectivity index (χ3n) is 4.80. The Morgan fingerprint density at radius 2 is 1.88 bits per heavy atom. The van der Waals surface area contributed by atoms with Gasteiger partial charge in [-0.2, -0.15) is 0 Å². The molecule has 0 unspecified atom stereocenters. The second-order valence-corrected chi connectivity index (χ2v) is 8.49. The van der Waals surface area contributed by atoms with E-state index in [2.05, 4.69) is 17.1 Å². The molecule has 5 nitrogen and oxygen atoms in total. The van der Waals surface area contributed by atoms with Crippen molar-refractivity contribution in [3.05, 3.63) is 59.2 Å². The molecule has 0 N–H and O–H groups in total. The van der Waals surface area contributed by atoms with Gasteiger partial charge in [0, 0.05) is 11.9 Å². The fourth-order valence-corrected chi connectivity index (χ4v) is 4.97. The molecule has 1 aliphatic rings. The zero-order valence-corrected chi connectivity index (χ0v) is 15.8. The Labute approximate surface area is 153 Å². The first-order valence-corrected chi connectivity index (χ1v) is 9.92. The number of fused-ring (bicyclic) bond motifs is 2. The number of hydrogen-bond acceptors (Lipinski definition) is 4. The van der Waals surface area contributed by atoms with E-state index in [0.717, 1.165) is 27.6 Å². The average molecular weight is 368 g/mol. The maximum atomic E-state index is 13.2. The van der Waals surface area contributed by atoms with Crippen molar-refractivity contribution in [1.82, 2.24) is 4.98 Å². The molecular weight excluding hydrogens is 348 g/mol. The largest absolute Gasteiger partial charge is 0.496 e. The van der Waals surface area contributed by atoms with Gasteiger partial charge < -0.3 is 4.74 Å². The van der Waals surface area contributed by atoms with Crippen LogP contribution in [0.3, 0.4) is 0 Å². The van der Waals surface area contributed by atoms with Crippen LogP contribution in [0.5, 0.6) is 5.75 Å². The van der Waals surface area contributed by atoms with Crippen molar-refractivity contribution < 1.29 is 13.2 Å². The Kier molecular flexibility index (Phi) is 3.88. The molecule has 1 aliphatic heterocycles. The fraction of sp³-hybridized carbons (Fsp3) is 0.250. The Bertz CT molecular complexity index is 1120. The number of methoxy groups -OCH3 is 1. The highest BCUT2D eigenvalue weighted by molar-refractivity contribution is 7.92. The number of rotatable bonds is 3. The van der Waals surface area contributed by atoms with Crippen molar-refractivity contribution in [2.45, 2.75) is 25.2 Å². The highest BCUT2D eigenvalue weighted by Gasteiger charge is 2.32. The van der Waals surface area contributed by atoms with Gasteiger partial charge in [0.2, 0.25) is 0 Å². The Balaban J connectivity index is 1.81. The molecule has 1 aromatic heterocycles. The number of hydrogen-bond donors (Lipinski definition) is 0. The van der Waals surface area contributed by atoms with Crippen LogP contribution < -0.4 is 9.04 Å². The van der Waals surface area contributed by atoms with Crippen LogP contribution in [-0.4, -0.2) is 27.1 Å². The Morgan fingerprint density at radius 3 is 2.62 bits per heavy atom. The summed E-state index contributed by atoms with van der Waals surface area (Å²) in [6.45, 7) is 4.28. The lowest BCUT2D eigenvalue weighted by molar-refractivity contribution is 0.411. The van der Waals surface area contributed by atoms with Gasteiger partial charge in [0.1, 0.15) is 11.6 Å². The summed E-state index contributed by atoms with van der Waals surface area (Å²) >= 11 is 0. The van der Waals surface area contributed by atoms with Gasteiger partial charge in [0.05, 0.1) is 17.5 Å². The highest BCUT2D eigenvalue weighted by Crippen LogP contribution is 2.34. The monoisotopic (exact) mass is 368 g/mol. The topological polar surface area (TPSA) is 59.5 Å². The van der Waals surface area contributed by atoms with Crippen LogP contribution in [0.4, 0.5) is 5.82 Å². The van der Waals surface area contributed by atoms with Gasteiger partial charge in [-0.05, 0) is 67.8 Å². The molecule has 26 heavy (non-hydrogen) atoms. The molecule has 6 heteroatoms. The van der Waals surface area contributed by atoms with Crippen LogP contribution in [0.1, 0.15) is 16.7 Å². The number of pyridine rings is 1. The second-order valence-electron chi connectivity index (χ2n) is 6.63. The summed E-state index contributed by atoms with van der Waals surface area (Å²) in [6.07, 6.45) is 0.667. The van der Waals surface area contributed by atoms with E-state index < -0.39 is 10.0 Å². The van der Waals surface area contributed by atoms with E-state index in [0.29, 0.717) is 24.5 Å². The molecule has 0 amide bonds. The normalized spacial score (nSPS) is 13.9. The van der Waals surface area contributed by atoms with Crippen LogP contribution in [-0.2, 0) is 16.4 Å². The molecule has 0 saturated carbocycles. The van der Waals surface area contributed by atoms with Gasteiger partial charge >= 0.3 is 0 Å². The molecule has 0 bridgehead atoms. The highest BCUT2D eigenvalue weighted by atomic mass is 32.2. The zero-order chi connectivity index (χ0) is 18.5. The van der Waals surface area contributed by atoms with E-state index in [4.69, 9.17) is 4.74 Å². The van der Waals surface area contributed by atoms with E-state index in [-0.39, 0.29) is 4.90 Å². The van der Waals surface area contributed by atoms with Gasteiger partial charge in [0.15, 0.2) is 0 Å². The Hall–Kier alpha value is -2.60. The van der Waals surface area contributed by atoms with Crippen molar-refractivity contribution >= 4 is 26.7 Å². The van der Waals surface area contributed by atoms with Crippen molar-refractivity contribution in [1.29, 1.82) is 0 Å². The summed E-state index contributed by atoms with van der Waals surface area (Å²) < 4.78 is 33.0. The lowest BCUT2D eigenvalue weighted by Gasteiger charge is -2.19. The van der Waals surface area contributed by atoms with Crippen LogP contribution in [0.15, 0.2) is 47.4 Å². The van der Waals surface area contributed by atoms with Crippen molar-refractivity contribution in [3.8, 4) is 5.75 Å². The van der Waals surface area contributed by atoms with Crippen molar-refractivity contribution in [3.63, 3.8) is 0 Å². The molecule has 0 radical (unpaired) electrons. The van der Waals surface area contributed by atoms with Gasteiger partial charge in [0.25, 0.3) is 10.0 Å². The predicted octanol–water partition coefficient (Wildman–Crippen LogP) is 3.61. The predicted molar refractivity (Wildman–Crippen MR) is 102 cm³/mol. The quantitative estimate of drug-likeness (QED) is 0.709. The van der Waals surface area contributed by atoms with Crippen molar-refractivity contribution in [2.24, 2.45) is 0 Å². The second kappa shape index (κ2) is 5.99. The summed E-state index contributed by atoms with van der Waals surface area (Å²) in [7, 11) is -2.09. The van der Waals surface area contributed by atoms with E-state index in [1.165, 1.54) is 4.31 Å². The minimum Gasteiger partial charge on any atom is -0.496 e. The van der Waals surface area contributed by atoms with Gasteiger partial charge in [-0.15, -0.1) is 0 Å². The molecule has 4 rings (SSSR count). The number of anilines is 1. The molecule has 0 spiro atoms. The molecule has 134 valence electrons. The molecule has 0 saturated heterocycles. The maximum absolute atomic E-state index is 13.2. The summed E-state index contributed by atoms with van der Waals surface area (Å²) in [5, 5.41) is 1.04. The van der Waals surface area contributed by atoms with Crippen LogP contribution in [0.2, 0.25) is 0 Å². The standard InChI is InChI=1S/C20H20N2O3S/c1-13-4-6-18-16(10-13)12-15-8-9-22(20(15)21-18)26(23,24)17-5-7-19(25-3)14(2)11-17/h4-7,10-12H,8-9H2,1-3H3. The van der Waals surface area contributed by atoms with Crippen LogP contribution >= 0.6 is 0 Å². The maximum Gasteiger partial charge on any atom is 0.265 e. The van der Waals surface area contributed by atoms with Crippen LogP contribution in [0, 0.1) is 13.8 Å². The lowest BCUT2D eigenvalue weighted by Crippen LogP contribution is -2.29. The first-order valence-electron chi connectivity index (χ1n) is 8.48. The smallest absolute Gasteiger partial charge is 0.265 e. The van der Waals surface area contributed by atoms with Crippen LogP contribution in [0.25, 0.3) is 10.9 Å². The minimum atomic E-state index is -3.66. The number of nitrogens with zero attached hydrogens (tertiary/aromatic N) is 2. The first kappa shape index (κ1) is 16.8. The van der Waals surface area contributed by atoms with E-state index >= 15 is 0 Å². The van der Waals surface area contributed by atoms with Gasteiger partial charge in [-0.25, -0.2) is 17.7 Å². The van der Waals surface area contributed by atoms with Crippen molar-refractivity contribution in [2.75, 3.05) is 18.0 Å². The summed E-state index contributed by atoms with van der Waals surface area (Å²) in [4.78, 5) is 4.91. The zero-order valence-electron chi connectivity index (χ0n) is 15.0. The number of aryl methyl sites for hydroxylation is 2. The number of benzene rings is 2. The lowest BCUT2D eigenvalue weighted by atomic mass is 10.1. The number of ether oxygens (including phenoxy) is 1. The van der Waals surface area contributed by atoms with E-state index in [1.54, 1.807) is 25.3 Å². The van der Waals surface area contributed by atoms with E-state index in [9.17, 15) is 8.42 Å². The average Bonchev–Trinajstić information content (AvgIpc) is 3.03. The third kappa shape index (κ3) is 2.61. The molecule has 3 aromatic rings. The minimum absolute atomic E-state index is 0.259. The number of sulfonamides is 1. The SMILES string of the molecule is COc1ccc(S(=O)(=O)N2CCc3cc4cc(C)ccc4nc32)cc1C. The molecule has 0 atom stereocenters. The fourth-order valence-electron chi connectivity index (χ4n) is 3.43. The summed E-state index contributed by atoms with van der Waals surface area (Å²) in [5.74, 6) is 1.21. The summed E-state index contributed by atoms with van der Waals surface area (Å²) in [6, 6.07) is 13.0. The first-order chi connectivity index (χ1) is 12.4. The molecule has 2 aromatic carbocycles. The van der Waals surface area contributed by atoms with E-state index in [1.807, 2.05) is 26.0 Å². The molecule has 0 fully saturated rings. The number of aromatic nitrogens is 1. The van der Waals surface area contributed by atoms with Gasteiger partial charge in [-0.1, -0.05) is 11.6 Å². The van der Waals surface area contributed by atoms with Gasteiger partial charge in [-0.3, -0.25) is 0 Å². The molecule has 0 aliphatic carbocycles. The molecule has 2 heterocycles. The Morgan fingerprint density at radius 1 is 1.08 bits per heavy atom. The third-order valence-corrected chi connectivity index (χ3v) is 6.59.